The molecule has 3 rings (SSSR count). The number of nitrogens with zero attached hydrogens (tertiary/aromatic N) is 2. The minimum atomic E-state index is -2.82. The van der Waals surface area contributed by atoms with Gasteiger partial charge in [-0.3, -0.25) is 0 Å². The summed E-state index contributed by atoms with van der Waals surface area (Å²) in [5, 5.41) is 8.77. The van der Waals surface area contributed by atoms with E-state index in [0.29, 0.717) is 17.5 Å². The molecule has 0 bridgehead atoms. The zero-order valence-electron chi connectivity index (χ0n) is 15.0. The summed E-state index contributed by atoms with van der Waals surface area (Å²) in [4.78, 5) is 0. The minimum absolute atomic E-state index is 0.0328. The lowest BCUT2D eigenvalue weighted by Crippen LogP contribution is -2.01. The van der Waals surface area contributed by atoms with E-state index in [1.807, 2.05) is 25.1 Å². The Morgan fingerprint density at radius 3 is 2.33 bits per heavy atom. The lowest BCUT2D eigenvalue weighted by atomic mass is 9.98. The highest BCUT2D eigenvalue weighted by molar-refractivity contribution is 7.99. The first kappa shape index (κ1) is 19.4. The monoisotopic (exact) mass is 390 g/mol. The minimum Gasteiger partial charge on any atom is -0.435 e. The third kappa shape index (κ3) is 5.53. The molecular formula is C20H20F2N2O2S. The molecule has 7 heteroatoms. The van der Waals surface area contributed by atoms with E-state index < -0.39 is 6.61 Å². The van der Waals surface area contributed by atoms with Crippen molar-refractivity contribution in [3.63, 3.8) is 0 Å². The molecule has 2 unspecified atom stereocenters. The van der Waals surface area contributed by atoms with Gasteiger partial charge in [-0.1, -0.05) is 61.2 Å². The first-order valence-corrected chi connectivity index (χ1v) is 9.48. The maximum atomic E-state index is 12.2. The van der Waals surface area contributed by atoms with Crippen LogP contribution >= 0.6 is 11.8 Å². The van der Waals surface area contributed by atoms with Crippen LogP contribution in [0.3, 0.4) is 0 Å². The van der Waals surface area contributed by atoms with Gasteiger partial charge >= 0.3 is 6.61 Å². The molecule has 2 atom stereocenters. The van der Waals surface area contributed by atoms with Crippen LogP contribution in [0.4, 0.5) is 8.78 Å². The van der Waals surface area contributed by atoms with Crippen molar-refractivity contribution in [3.05, 3.63) is 71.6 Å². The van der Waals surface area contributed by atoms with E-state index in [2.05, 4.69) is 34.0 Å². The quantitative estimate of drug-likeness (QED) is 0.450. The molecule has 0 amide bonds. The molecule has 3 aromatic rings. The standard InChI is InChI=1S/C20H20F2N2O2S/c1-13(15-6-4-3-5-7-15)12-18-23-24-20(26-18)27-14(2)16-8-10-17(11-9-16)25-19(21)22/h3-11,13-14,19H,12H2,1-2H3. The van der Waals surface area contributed by atoms with Gasteiger partial charge in [-0.05, 0) is 36.1 Å². The molecular weight excluding hydrogens is 370 g/mol. The van der Waals surface area contributed by atoms with Crippen LogP contribution in [0.15, 0.2) is 64.2 Å². The Balaban J connectivity index is 1.58. The fraction of sp³-hybridized carbons (Fsp3) is 0.300. The third-order valence-electron chi connectivity index (χ3n) is 4.15. The number of aromatic nitrogens is 2. The van der Waals surface area contributed by atoms with Gasteiger partial charge in [-0.15, -0.1) is 10.2 Å². The Kier molecular flexibility index (Phi) is 6.45. The van der Waals surface area contributed by atoms with Gasteiger partial charge in [0.2, 0.25) is 5.89 Å². The lowest BCUT2D eigenvalue weighted by molar-refractivity contribution is -0.0498. The van der Waals surface area contributed by atoms with Crippen LogP contribution in [0, 0.1) is 0 Å². The largest absolute Gasteiger partial charge is 0.435 e. The van der Waals surface area contributed by atoms with Gasteiger partial charge in [0.25, 0.3) is 5.22 Å². The summed E-state index contributed by atoms with van der Waals surface area (Å²) in [6, 6.07) is 16.7. The summed E-state index contributed by atoms with van der Waals surface area (Å²) in [7, 11) is 0. The van der Waals surface area contributed by atoms with Crippen molar-refractivity contribution in [1.82, 2.24) is 10.2 Å². The molecule has 0 saturated heterocycles. The number of thioether (sulfide) groups is 1. The Hall–Kier alpha value is -2.41. The van der Waals surface area contributed by atoms with Gasteiger partial charge in [0, 0.05) is 11.7 Å². The van der Waals surface area contributed by atoms with Gasteiger partial charge in [-0.2, -0.15) is 8.78 Å². The van der Waals surface area contributed by atoms with Crippen molar-refractivity contribution in [2.75, 3.05) is 0 Å². The molecule has 1 aromatic heterocycles. The molecule has 0 aliphatic rings. The van der Waals surface area contributed by atoms with E-state index in [0.717, 1.165) is 5.56 Å². The molecule has 0 fully saturated rings. The molecule has 0 aliphatic heterocycles. The van der Waals surface area contributed by atoms with Crippen molar-refractivity contribution < 1.29 is 17.9 Å². The number of hydrogen-bond acceptors (Lipinski definition) is 5. The molecule has 27 heavy (non-hydrogen) atoms. The average Bonchev–Trinajstić information content (AvgIpc) is 3.09. The number of halogens is 2. The predicted molar refractivity (Wildman–Crippen MR) is 100 cm³/mol. The highest BCUT2D eigenvalue weighted by atomic mass is 32.2. The van der Waals surface area contributed by atoms with Crippen LogP contribution in [0.2, 0.25) is 0 Å². The van der Waals surface area contributed by atoms with Crippen LogP contribution in [0.25, 0.3) is 0 Å². The van der Waals surface area contributed by atoms with Crippen LogP contribution < -0.4 is 4.74 Å². The Labute approximate surface area is 161 Å². The van der Waals surface area contributed by atoms with E-state index in [4.69, 9.17) is 4.42 Å². The number of ether oxygens (including phenoxy) is 1. The van der Waals surface area contributed by atoms with E-state index in [1.165, 1.54) is 29.5 Å². The zero-order valence-corrected chi connectivity index (χ0v) is 15.8. The average molecular weight is 390 g/mol. The number of benzene rings is 2. The lowest BCUT2D eigenvalue weighted by Gasteiger charge is -2.10. The van der Waals surface area contributed by atoms with Crippen molar-refractivity contribution >= 4 is 11.8 Å². The summed E-state index contributed by atoms with van der Waals surface area (Å²) in [5.74, 6) is 1.02. The van der Waals surface area contributed by atoms with Crippen molar-refractivity contribution in [1.29, 1.82) is 0 Å². The molecule has 1 heterocycles. The summed E-state index contributed by atoms with van der Waals surface area (Å²) in [5.41, 5.74) is 2.18. The molecule has 0 N–H and O–H groups in total. The Bertz CT molecular complexity index is 841. The maximum absolute atomic E-state index is 12.2. The fourth-order valence-electron chi connectivity index (χ4n) is 2.67. The second kappa shape index (κ2) is 8.99. The van der Waals surface area contributed by atoms with Gasteiger partial charge in [0.15, 0.2) is 0 Å². The first-order valence-electron chi connectivity index (χ1n) is 8.60. The van der Waals surface area contributed by atoms with Gasteiger partial charge in [0.05, 0.1) is 0 Å². The summed E-state index contributed by atoms with van der Waals surface area (Å²) in [6.45, 7) is 1.29. The van der Waals surface area contributed by atoms with Gasteiger partial charge < -0.3 is 9.15 Å². The van der Waals surface area contributed by atoms with E-state index >= 15 is 0 Å². The molecule has 0 spiro atoms. The third-order valence-corrected chi connectivity index (χ3v) is 5.14. The Morgan fingerprint density at radius 1 is 0.963 bits per heavy atom. The summed E-state index contributed by atoms with van der Waals surface area (Å²) >= 11 is 1.43. The smallest absolute Gasteiger partial charge is 0.387 e. The van der Waals surface area contributed by atoms with E-state index in [9.17, 15) is 8.78 Å². The van der Waals surface area contributed by atoms with Crippen LogP contribution in [-0.2, 0) is 6.42 Å². The maximum Gasteiger partial charge on any atom is 0.387 e. The highest BCUT2D eigenvalue weighted by Crippen LogP contribution is 2.35. The molecule has 2 aromatic carbocycles. The zero-order chi connectivity index (χ0) is 19.2. The number of hydrogen-bond donors (Lipinski definition) is 0. The molecule has 0 radical (unpaired) electrons. The van der Waals surface area contributed by atoms with Gasteiger partial charge in [0.1, 0.15) is 5.75 Å². The first-order chi connectivity index (χ1) is 13.0. The van der Waals surface area contributed by atoms with E-state index in [-0.39, 0.29) is 16.9 Å². The van der Waals surface area contributed by atoms with Crippen molar-refractivity contribution in [2.45, 2.75) is 43.3 Å². The second-order valence-corrected chi connectivity index (χ2v) is 7.48. The molecule has 0 saturated carbocycles. The number of rotatable bonds is 8. The molecule has 142 valence electrons. The second-order valence-electron chi connectivity index (χ2n) is 6.19. The van der Waals surface area contributed by atoms with Crippen LogP contribution in [0.1, 0.15) is 42.0 Å². The predicted octanol–water partition coefficient (Wildman–Crippen LogP) is 5.87. The van der Waals surface area contributed by atoms with E-state index in [1.54, 1.807) is 12.1 Å². The molecule has 4 nitrogen and oxygen atoms in total. The number of alkyl halides is 2. The van der Waals surface area contributed by atoms with Crippen LogP contribution in [0.5, 0.6) is 5.75 Å². The van der Waals surface area contributed by atoms with Crippen LogP contribution in [-0.4, -0.2) is 16.8 Å². The van der Waals surface area contributed by atoms with Crippen molar-refractivity contribution in [3.8, 4) is 5.75 Å². The topological polar surface area (TPSA) is 48.2 Å². The SMILES string of the molecule is CC(Cc1nnc(SC(C)c2ccc(OC(F)F)cc2)o1)c1ccccc1. The summed E-state index contributed by atoms with van der Waals surface area (Å²) in [6.07, 6.45) is 0.672. The Morgan fingerprint density at radius 2 is 1.67 bits per heavy atom. The normalized spacial score (nSPS) is 13.5. The fourth-order valence-corrected chi connectivity index (χ4v) is 3.50. The highest BCUT2D eigenvalue weighted by Gasteiger charge is 2.16. The molecule has 0 aliphatic carbocycles. The summed E-state index contributed by atoms with van der Waals surface area (Å²) < 4.78 is 34.6. The van der Waals surface area contributed by atoms with Crippen molar-refractivity contribution in [2.24, 2.45) is 0 Å². The van der Waals surface area contributed by atoms with Gasteiger partial charge in [-0.25, -0.2) is 0 Å².